The summed E-state index contributed by atoms with van der Waals surface area (Å²) in [6.45, 7) is 5.10. The van der Waals surface area contributed by atoms with Gasteiger partial charge in [-0.05, 0) is 32.1 Å². The lowest BCUT2D eigenvalue weighted by Crippen LogP contribution is -2.52. The van der Waals surface area contributed by atoms with Crippen LogP contribution in [0.25, 0.3) is 0 Å². The first-order chi connectivity index (χ1) is 7.70. The molecule has 3 nitrogen and oxygen atoms in total. The molecule has 2 unspecified atom stereocenters. The fraction of sp³-hybridized carbons (Fsp3) is 1.00. The molecule has 16 heavy (non-hydrogen) atoms. The highest BCUT2D eigenvalue weighted by atomic mass is 16.5. The summed E-state index contributed by atoms with van der Waals surface area (Å²) >= 11 is 0. The summed E-state index contributed by atoms with van der Waals surface area (Å²) in [4.78, 5) is 0. The van der Waals surface area contributed by atoms with Crippen LogP contribution >= 0.6 is 0 Å². The van der Waals surface area contributed by atoms with E-state index in [1.807, 2.05) is 0 Å². The zero-order valence-corrected chi connectivity index (χ0v) is 10.5. The van der Waals surface area contributed by atoms with Crippen molar-refractivity contribution in [1.82, 2.24) is 5.32 Å². The fourth-order valence-corrected chi connectivity index (χ4v) is 2.91. The van der Waals surface area contributed by atoms with Crippen molar-refractivity contribution in [1.29, 1.82) is 0 Å². The van der Waals surface area contributed by atoms with Crippen molar-refractivity contribution in [3.63, 3.8) is 0 Å². The quantitative estimate of drug-likeness (QED) is 0.766. The fourth-order valence-electron chi connectivity index (χ4n) is 2.91. The molecular weight excluding hydrogens is 200 g/mol. The lowest BCUT2D eigenvalue weighted by Gasteiger charge is -2.35. The highest BCUT2D eigenvalue weighted by Gasteiger charge is 2.29. The Balaban J connectivity index is 1.72. The normalized spacial score (nSPS) is 31.5. The third-order valence-electron chi connectivity index (χ3n) is 4.30. The SMILES string of the molecule is CC(NCC1(N)CCCCC1)C1CCOC1. The molecular formula is C13H26N2O. The predicted octanol–water partition coefficient (Wildman–Crippen LogP) is 1.66. The third-order valence-corrected chi connectivity index (χ3v) is 4.30. The van der Waals surface area contributed by atoms with Crippen molar-refractivity contribution in [3.8, 4) is 0 Å². The maximum Gasteiger partial charge on any atom is 0.0509 e. The molecule has 2 rings (SSSR count). The van der Waals surface area contributed by atoms with E-state index in [4.69, 9.17) is 10.5 Å². The van der Waals surface area contributed by atoms with E-state index in [0.29, 0.717) is 12.0 Å². The second-order valence-electron chi connectivity index (χ2n) is 5.72. The molecule has 1 heterocycles. The second-order valence-corrected chi connectivity index (χ2v) is 5.72. The Bertz CT molecular complexity index is 208. The topological polar surface area (TPSA) is 47.3 Å². The number of ether oxygens (including phenoxy) is 1. The molecule has 0 aromatic carbocycles. The van der Waals surface area contributed by atoms with Crippen molar-refractivity contribution in [2.75, 3.05) is 19.8 Å². The third kappa shape index (κ3) is 3.19. The van der Waals surface area contributed by atoms with Gasteiger partial charge in [-0.3, -0.25) is 0 Å². The van der Waals surface area contributed by atoms with E-state index in [1.54, 1.807) is 0 Å². The molecule has 0 amide bonds. The molecule has 1 saturated heterocycles. The summed E-state index contributed by atoms with van der Waals surface area (Å²) in [5.74, 6) is 0.687. The van der Waals surface area contributed by atoms with Crippen LogP contribution in [0.1, 0.15) is 45.4 Å². The molecule has 2 aliphatic rings. The van der Waals surface area contributed by atoms with Crippen molar-refractivity contribution < 1.29 is 4.74 Å². The minimum Gasteiger partial charge on any atom is -0.381 e. The smallest absolute Gasteiger partial charge is 0.0509 e. The maximum absolute atomic E-state index is 6.41. The number of hydrogen-bond donors (Lipinski definition) is 2. The van der Waals surface area contributed by atoms with Crippen LogP contribution in [0.15, 0.2) is 0 Å². The molecule has 3 N–H and O–H groups in total. The largest absolute Gasteiger partial charge is 0.381 e. The van der Waals surface area contributed by atoms with Crippen molar-refractivity contribution in [2.24, 2.45) is 11.7 Å². The van der Waals surface area contributed by atoms with Crippen LogP contribution in [0.4, 0.5) is 0 Å². The molecule has 2 atom stereocenters. The lowest BCUT2D eigenvalue weighted by atomic mass is 9.82. The van der Waals surface area contributed by atoms with Gasteiger partial charge in [-0.1, -0.05) is 19.3 Å². The van der Waals surface area contributed by atoms with Gasteiger partial charge in [-0.25, -0.2) is 0 Å². The molecule has 0 bridgehead atoms. The average molecular weight is 226 g/mol. The van der Waals surface area contributed by atoms with Crippen LogP contribution in [0, 0.1) is 5.92 Å². The zero-order valence-electron chi connectivity index (χ0n) is 10.5. The Kier molecular flexibility index (Phi) is 4.22. The van der Waals surface area contributed by atoms with E-state index in [9.17, 15) is 0 Å². The summed E-state index contributed by atoms with van der Waals surface area (Å²) in [7, 11) is 0. The first kappa shape index (κ1) is 12.3. The van der Waals surface area contributed by atoms with E-state index in [2.05, 4.69) is 12.2 Å². The minimum absolute atomic E-state index is 0.0615. The van der Waals surface area contributed by atoms with Crippen LogP contribution in [-0.4, -0.2) is 31.3 Å². The summed E-state index contributed by atoms with van der Waals surface area (Å²) in [5, 5.41) is 3.63. The summed E-state index contributed by atoms with van der Waals surface area (Å²) in [6.07, 6.45) is 7.55. The molecule has 0 aromatic rings. The van der Waals surface area contributed by atoms with E-state index in [0.717, 1.165) is 19.8 Å². The summed E-state index contributed by atoms with van der Waals surface area (Å²) in [6, 6.07) is 0.546. The first-order valence-corrected chi connectivity index (χ1v) is 6.80. The summed E-state index contributed by atoms with van der Waals surface area (Å²) in [5.41, 5.74) is 6.47. The molecule has 2 fully saturated rings. The lowest BCUT2D eigenvalue weighted by molar-refractivity contribution is 0.175. The average Bonchev–Trinajstić information content (AvgIpc) is 2.80. The van der Waals surface area contributed by atoms with E-state index in [-0.39, 0.29) is 5.54 Å². The Morgan fingerprint density at radius 2 is 2.12 bits per heavy atom. The molecule has 3 heteroatoms. The monoisotopic (exact) mass is 226 g/mol. The second kappa shape index (κ2) is 5.48. The standard InChI is InChI=1S/C13H26N2O/c1-11(12-5-8-16-9-12)15-10-13(14)6-3-2-4-7-13/h11-12,15H,2-10,14H2,1H3. The van der Waals surface area contributed by atoms with E-state index < -0.39 is 0 Å². The van der Waals surface area contributed by atoms with Gasteiger partial charge in [0.25, 0.3) is 0 Å². The minimum atomic E-state index is 0.0615. The van der Waals surface area contributed by atoms with Crippen LogP contribution in [-0.2, 0) is 4.74 Å². The van der Waals surface area contributed by atoms with Crippen molar-refractivity contribution in [2.45, 2.75) is 57.0 Å². The van der Waals surface area contributed by atoms with Crippen LogP contribution in [0.3, 0.4) is 0 Å². The molecule has 1 saturated carbocycles. The van der Waals surface area contributed by atoms with Gasteiger partial charge in [0.05, 0.1) is 6.61 Å². The highest BCUT2D eigenvalue weighted by Crippen LogP contribution is 2.25. The zero-order chi connectivity index (χ0) is 11.4. The van der Waals surface area contributed by atoms with E-state index in [1.165, 1.54) is 38.5 Å². The van der Waals surface area contributed by atoms with Gasteiger partial charge in [0.15, 0.2) is 0 Å². The summed E-state index contributed by atoms with van der Waals surface area (Å²) < 4.78 is 5.42. The molecule has 1 aliphatic carbocycles. The van der Waals surface area contributed by atoms with Gasteiger partial charge in [-0.15, -0.1) is 0 Å². The predicted molar refractivity (Wildman–Crippen MR) is 66.4 cm³/mol. The van der Waals surface area contributed by atoms with Crippen LogP contribution in [0.5, 0.6) is 0 Å². The van der Waals surface area contributed by atoms with Crippen LogP contribution in [0.2, 0.25) is 0 Å². The molecule has 1 aliphatic heterocycles. The Hall–Kier alpha value is -0.120. The van der Waals surface area contributed by atoms with Gasteiger partial charge < -0.3 is 15.8 Å². The number of nitrogens with one attached hydrogen (secondary N) is 1. The van der Waals surface area contributed by atoms with Crippen molar-refractivity contribution >= 4 is 0 Å². The Morgan fingerprint density at radius 3 is 2.75 bits per heavy atom. The van der Waals surface area contributed by atoms with E-state index >= 15 is 0 Å². The first-order valence-electron chi connectivity index (χ1n) is 6.80. The molecule has 0 radical (unpaired) electrons. The number of rotatable bonds is 4. The van der Waals surface area contributed by atoms with Gasteiger partial charge in [-0.2, -0.15) is 0 Å². The molecule has 94 valence electrons. The maximum atomic E-state index is 6.41. The molecule has 0 aromatic heterocycles. The van der Waals surface area contributed by atoms with Gasteiger partial charge in [0, 0.05) is 24.7 Å². The van der Waals surface area contributed by atoms with Gasteiger partial charge in [0.1, 0.15) is 0 Å². The Morgan fingerprint density at radius 1 is 1.38 bits per heavy atom. The van der Waals surface area contributed by atoms with Gasteiger partial charge in [0.2, 0.25) is 0 Å². The number of hydrogen-bond acceptors (Lipinski definition) is 3. The highest BCUT2D eigenvalue weighted by molar-refractivity contribution is 4.90. The molecule has 0 spiro atoms. The van der Waals surface area contributed by atoms with Crippen LogP contribution < -0.4 is 11.1 Å². The van der Waals surface area contributed by atoms with Crippen molar-refractivity contribution in [3.05, 3.63) is 0 Å². The number of nitrogens with two attached hydrogens (primary N) is 1. The Labute approximate surface area is 99.1 Å². The van der Waals surface area contributed by atoms with Gasteiger partial charge >= 0.3 is 0 Å².